The second kappa shape index (κ2) is 19.5. The fourth-order valence-corrected chi connectivity index (χ4v) is 11.9. The Bertz CT molecular complexity index is 3250. The predicted molar refractivity (Wildman–Crippen MR) is 263 cm³/mol. The average Bonchev–Trinajstić information content (AvgIpc) is 4.23. The Balaban J connectivity index is 0.000000119. The van der Waals surface area contributed by atoms with Crippen LogP contribution in [0.1, 0.15) is 152 Å². The maximum absolute atomic E-state index is 10.2. The first-order chi connectivity index (χ1) is 33.3. The molecule has 0 aliphatic heterocycles. The number of aromatic nitrogens is 12. The summed E-state index contributed by atoms with van der Waals surface area (Å²) in [5, 5.41) is 41.0. The van der Waals surface area contributed by atoms with Crippen LogP contribution >= 0.6 is 0 Å². The third kappa shape index (κ3) is 8.49. The topological polar surface area (TPSA) is 228 Å². The summed E-state index contributed by atoms with van der Waals surface area (Å²) in [6.07, 6.45) is 26.8. The maximum Gasteiger partial charge on any atom is 0.139 e. The highest BCUT2D eigenvalue weighted by Crippen LogP contribution is 2.41. The van der Waals surface area contributed by atoms with Crippen molar-refractivity contribution < 1.29 is 10.2 Å². The molecule has 16 heteroatoms. The summed E-state index contributed by atoms with van der Waals surface area (Å²) in [5.41, 5.74) is 8.73. The van der Waals surface area contributed by atoms with E-state index < -0.39 is 6.10 Å². The zero-order chi connectivity index (χ0) is 46.9. The molecule has 68 heavy (non-hydrogen) atoms. The number of aliphatic hydroxyl groups excluding tert-OH is 2. The number of pyridine rings is 3. The molecular weight excluding hydrogens is 853 g/mol. The molecule has 9 aromatic heterocycles. The summed E-state index contributed by atoms with van der Waals surface area (Å²) in [5.74, 6) is 4.48. The molecule has 12 rings (SSSR count). The molecule has 3 aliphatic carbocycles. The minimum Gasteiger partial charge on any atom is -0.388 e. The fourth-order valence-electron chi connectivity index (χ4n) is 11.9. The van der Waals surface area contributed by atoms with Crippen LogP contribution in [0.25, 0.3) is 66.2 Å². The van der Waals surface area contributed by atoms with Crippen LogP contribution in [0.2, 0.25) is 0 Å². The van der Waals surface area contributed by atoms with Gasteiger partial charge in [0, 0.05) is 65.7 Å². The van der Waals surface area contributed by atoms with Crippen LogP contribution in [-0.4, -0.2) is 68.8 Å². The minimum absolute atomic E-state index is 0.0707. The summed E-state index contributed by atoms with van der Waals surface area (Å²) in [4.78, 5) is 36.8. The highest BCUT2D eigenvalue weighted by molar-refractivity contribution is 6.03. The third-order valence-electron chi connectivity index (χ3n) is 15.4. The number of fused-ring (bicyclic) bond motifs is 9. The second-order valence-corrected chi connectivity index (χ2v) is 19.5. The quantitative estimate of drug-likeness (QED) is 0.0968. The zero-order valence-electron chi connectivity index (χ0n) is 39.4. The first-order valence-electron chi connectivity index (χ1n) is 24.8. The highest BCUT2D eigenvalue weighted by atomic mass is 16.3. The van der Waals surface area contributed by atoms with Crippen molar-refractivity contribution in [2.75, 3.05) is 0 Å². The minimum atomic E-state index is -0.569. The number of rotatable bonds is 8. The van der Waals surface area contributed by atoms with E-state index in [-0.39, 0.29) is 6.61 Å². The number of nitriles is 2. The van der Waals surface area contributed by atoms with E-state index in [1.54, 1.807) is 13.1 Å². The molecule has 3 aliphatic rings. The molecule has 1 atom stereocenters. The molecule has 9 heterocycles. The van der Waals surface area contributed by atoms with Crippen molar-refractivity contribution >= 4 is 66.2 Å². The average molecular weight is 915 g/mol. The maximum atomic E-state index is 10.2. The van der Waals surface area contributed by atoms with Gasteiger partial charge in [-0.3, -0.25) is 0 Å². The largest absolute Gasteiger partial charge is 0.388 e. The SMILES string of the molecule is CCC1CCC(n2c([C@@H](C)O)nc3cnc4[nH]ccc4c32)CC1.Cc1nc2cnc3[nH]ccc3c2n1C1CCC(CC#N)CC1.N#CCC1CCC(n2c(CO)nc3cnc4[nH]ccc4c32)CC1. The van der Waals surface area contributed by atoms with Crippen molar-refractivity contribution in [3.8, 4) is 12.1 Å². The number of hydrogen-bond acceptors (Lipinski definition) is 10. The molecule has 0 aromatic carbocycles. The van der Waals surface area contributed by atoms with E-state index in [2.05, 4.69) is 86.7 Å². The lowest BCUT2D eigenvalue weighted by atomic mass is 9.84. The van der Waals surface area contributed by atoms with Gasteiger partial charge in [-0.05, 0) is 127 Å². The van der Waals surface area contributed by atoms with Crippen LogP contribution < -0.4 is 0 Å². The van der Waals surface area contributed by atoms with Crippen molar-refractivity contribution in [1.82, 2.24) is 58.6 Å². The Kier molecular flexibility index (Phi) is 13.0. The first-order valence-corrected chi connectivity index (χ1v) is 24.8. The summed E-state index contributed by atoms with van der Waals surface area (Å²) in [7, 11) is 0. The van der Waals surface area contributed by atoms with Gasteiger partial charge in [-0.2, -0.15) is 10.5 Å². The van der Waals surface area contributed by atoms with Crippen molar-refractivity contribution in [2.45, 2.75) is 148 Å². The molecular formula is C52H62N14O2. The first kappa shape index (κ1) is 45.2. The molecule has 0 amide bonds. The van der Waals surface area contributed by atoms with Gasteiger partial charge in [0.05, 0.1) is 47.3 Å². The molecule has 9 aromatic rings. The lowest BCUT2D eigenvalue weighted by molar-refractivity contribution is 0.174. The van der Waals surface area contributed by atoms with Crippen LogP contribution in [0.5, 0.6) is 0 Å². The predicted octanol–water partition coefficient (Wildman–Crippen LogP) is 11.0. The van der Waals surface area contributed by atoms with Gasteiger partial charge in [0.15, 0.2) is 0 Å². The van der Waals surface area contributed by atoms with Crippen LogP contribution in [0.4, 0.5) is 0 Å². The summed E-state index contributed by atoms with van der Waals surface area (Å²) >= 11 is 0. The Labute approximate surface area is 394 Å². The zero-order valence-corrected chi connectivity index (χ0v) is 39.4. The number of H-pyrrole nitrogens is 3. The van der Waals surface area contributed by atoms with Gasteiger partial charge in [0.25, 0.3) is 0 Å². The third-order valence-corrected chi connectivity index (χ3v) is 15.4. The number of hydrogen-bond donors (Lipinski definition) is 5. The van der Waals surface area contributed by atoms with E-state index in [1.807, 2.05) is 37.1 Å². The van der Waals surface area contributed by atoms with Gasteiger partial charge in [0.1, 0.15) is 63.7 Å². The Hall–Kier alpha value is -6.62. The van der Waals surface area contributed by atoms with Crippen LogP contribution in [0, 0.1) is 47.3 Å². The number of nitrogens with zero attached hydrogens (tertiary/aromatic N) is 11. The summed E-state index contributed by atoms with van der Waals surface area (Å²) in [6.45, 7) is 6.10. The van der Waals surface area contributed by atoms with Crippen LogP contribution in [-0.2, 0) is 6.61 Å². The summed E-state index contributed by atoms with van der Waals surface area (Å²) < 4.78 is 6.90. The molecule has 3 saturated carbocycles. The van der Waals surface area contributed by atoms with E-state index in [0.29, 0.717) is 48.6 Å². The van der Waals surface area contributed by atoms with Crippen LogP contribution in [0.3, 0.4) is 0 Å². The standard InChI is InChI=1S/C18H24N4O.C17H19N5O.C17H19N5/c1-3-12-4-6-13(7-5-12)22-16-14-8-9-19-17(14)20-10-15(16)21-18(22)11(2)23;18-7-5-11-1-3-12(4-2-11)22-15(10-23)21-14-9-20-17-13(16(14)22)6-8-19-17;1-11-21-15-10-20-17-14(7-9-19-17)16(15)22(11)13-4-2-12(3-5-13)6-8-18/h8-13,23H,3-7H2,1-2H3,(H,19,20);6,8-9,11-12,23H,1-5,10H2,(H,19,20);7,9-10,12-13H,2-6H2,1H3,(H,19,20)/t11-,12?,13?;;/m1../s1. The van der Waals surface area contributed by atoms with Crippen molar-refractivity contribution in [1.29, 1.82) is 10.5 Å². The molecule has 352 valence electrons. The second-order valence-electron chi connectivity index (χ2n) is 19.5. The van der Waals surface area contributed by atoms with E-state index in [0.717, 1.165) is 142 Å². The van der Waals surface area contributed by atoms with Gasteiger partial charge in [-0.25, -0.2) is 29.9 Å². The van der Waals surface area contributed by atoms with Crippen molar-refractivity contribution in [3.63, 3.8) is 0 Å². The van der Waals surface area contributed by atoms with Gasteiger partial charge in [-0.15, -0.1) is 0 Å². The van der Waals surface area contributed by atoms with E-state index in [1.165, 1.54) is 24.8 Å². The lowest BCUT2D eigenvalue weighted by Gasteiger charge is -2.30. The number of aryl methyl sites for hydroxylation is 1. The molecule has 16 nitrogen and oxygen atoms in total. The molecule has 5 N–H and O–H groups in total. The van der Waals surface area contributed by atoms with Crippen molar-refractivity contribution in [3.05, 3.63) is 72.9 Å². The van der Waals surface area contributed by atoms with Gasteiger partial charge < -0.3 is 38.9 Å². The van der Waals surface area contributed by atoms with E-state index in [4.69, 9.17) is 20.5 Å². The van der Waals surface area contributed by atoms with Gasteiger partial charge in [0.2, 0.25) is 0 Å². The van der Waals surface area contributed by atoms with Crippen LogP contribution in [0.15, 0.2) is 55.4 Å². The number of aromatic amines is 3. The Morgan fingerprint density at radius 1 is 0.603 bits per heavy atom. The van der Waals surface area contributed by atoms with Gasteiger partial charge in [-0.1, -0.05) is 13.3 Å². The lowest BCUT2D eigenvalue weighted by Crippen LogP contribution is -2.20. The molecule has 0 unspecified atom stereocenters. The van der Waals surface area contributed by atoms with Gasteiger partial charge >= 0.3 is 0 Å². The van der Waals surface area contributed by atoms with Crippen molar-refractivity contribution in [2.24, 2.45) is 17.8 Å². The van der Waals surface area contributed by atoms with E-state index in [9.17, 15) is 10.2 Å². The smallest absolute Gasteiger partial charge is 0.139 e. The van der Waals surface area contributed by atoms with E-state index >= 15 is 0 Å². The number of nitrogens with one attached hydrogen (secondary N) is 3. The summed E-state index contributed by atoms with van der Waals surface area (Å²) in [6, 6.07) is 12.0. The highest BCUT2D eigenvalue weighted by Gasteiger charge is 2.30. The Morgan fingerprint density at radius 3 is 1.47 bits per heavy atom. The molecule has 0 spiro atoms. The fraction of sp³-hybridized carbons (Fsp3) is 0.500. The molecule has 3 fully saturated rings. The monoisotopic (exact) mass is 915 g/mol. The number of aliphatic hydroxyl groups is 2. The normalized spacial score (nSPS) is 22.5. The molecule has 0 saturated heterocycles. The Morgan fingerprint density at radius 2 is 1.01 bits per heavy atom. The molecule has 0 bridgehead atoms. The molecule has 0 radical (unpaired) electrons. The number of imidazole rings is 3.